The maximum Gasteiger partial charge on any atom is 0.342 e. The quantitative estimate of drug-likeness (QED) is 0.325. The molecule has 108 valence electrons. The van der Waals surface area contributed by atoms with Gasteiger partial charge in [-0.15, -0.1) is 0 Å². The van der Waals surface area contributed by atoms with Crippen molar-refractivity contribution in [3.63, 3.8) is 0 Å². The molecular formula is C15H30O3. The molecule has 0 heterocycles. The molecule has 0 aliphatic carbocycles. The fourth-order valence-electron chi connectivity index (χ4n) is 1.66. The highest BCUT2D eigenvalue weighted by Crippen LogP contribution is 2.22. The number of unbranched alkanes of at least 4 members (excludes halogenated alkanes) is 4. The van der Waals surface area contributed by atoms with Gasteiger partial charge in [-0.05, 0) is 24.7 Å². The van der Waals surface area contributed by atoms with E-state index in [0.29, 0.717) is 18.4 Å². The summed E-state index contributed by atoms with van der Waals surface area (Å²) in [6.07, 6.45) is 8.04. The van der Waals surface area contributed by atoms with Crippen molar-refractivity contribution in [2.45, 2.75) is 79.1 Å². The van der Waals surface area contributed by atoms with Crippen molar-refractivity contribution in [1.29, 1.82) is 0 Å². The van der Waals surface area contributed by atoms with Crippen molar-refractivity contribution < 1.29 is 14.6 Å². The predicted molar refractivity (Wildman–Crippen MR) is 74.1 cm³/mol. The predicted octanol–water partition coefficient (Wildman–Crippen LogP) is 4.65. The second kappa shape index (κ2) is 10.4. The lowest BCUT2D eigenvalue weighted by atomic mass is 9.89. The van der Waals surface area contributed by atoms with Crippen molar-refractivity contribution in [3.05, 3.63) is 0 Å². The largest absolute Gasteiger partial charge is 0.342 e. The number of carbonyl (C=O) groups excluding carboxylic acids is 1. The van der Waals surface area contributed by atoms with E-state index in [9.17, 15) is 4.79 Å². The van der Waals surface area contributed by atoms with Gasteiger partial charge in [-0.3, -0.25) is 4.89 Å². The molecule has 3 nitrogen and oxygen atoms in total. The van der Waals surface area contributed by atoms with E-state index in [1.54, 1.807) is 0 Å². The summed E-state index contributed by atoms with van der Waals surface area (Å²) in [5.41, 5.74) is 0.392. The Morgan fingerprint density at radius 1 is 1.00 bits per heavy atom. The molecular weight excluding hydrogens is 228 g/mol. The van der Waals surface area contributed by atoms with Crippen LogP contribution in [0.4, 0.5) is 0 Å². The van der Waals surface area contributed by atoms with Crippen LogP contribution in [0.2, 0.25) is 0 Å². The van der Waals surface area contributed by atoms with Crippen LogP contribution in [0.3, 0.4) is 0 Å². The summed E-state index contributed by atoms with van der Waals surface area (Å²) >= 11 is 0. The van der Waals surface area contributed by atoms with Gasteiger partial charge in [0.1, 0.15) is 0 Å². The van der Waals surface area contributed by atoms with Crippen LogP contribution >= 0.6 is 0 Å². The lowest BCUT2D eigenvalue weighted by molar-refractivity contribution is -0.272. The first-order valence-electron chi connectivity index (χ1n) is 7.28. The zero-order chi connectivity index (χ0) is 13.9. The summed E-state index contributed by atoms with van der Waals surface area (Å²) in [5, 5.41) is 0. The number of rotatable bonds is 10. The zero-order valence-electron chi connectivity index (χ0n) is 12.6. The zero-order valence-corrected chi connectivity index (χ0v) is 12.6. The highest BCUT2D eigenvalue weighted by Gasteiger charge is 2.09. The van der Waals surface area contributed by atoms with Gasteiger partial charge in [-0.25, -0.2) is 4.79 Å². The van der Waals surface area contributed by atoms with Crippen LogP contribution in [0.25, 0.3) is 0 Å². The second-order valence-electron chi connectivity index (χ2n) is 6.11. The molecule has 0 saturated carbocycles. The molecule has 0 aromatic carbocycles. The molecule has 0 unspecified atom stereocenters. The second-order valence-corrected chi connectivity index (χ2v) is 6.11. The number of hydrogen-bond acceptors (Lipinski definition) is 3. The summed E-state index contributed by atoms with van der Waals surface area (Å²) in [6.45, 7) is 9.37. The monoisotopic (exact) mass is 258 g/mol. The molecule has 3 heteroatoms. The number of carbonyl (C=O) groups is 1. The Balaban J connectivity index is 3.27. The first-order valence-corrected chi connectivity index (χ1v) is 7.28. The van der Waals surface area contributed by atoms with Crippen molar-refractivity contribution in [3.8, 4) is 0 Å². The minimum atomic E-state index is -0.234. The smallest absolute Gasteiger partial charge is 0.298 e. The molecule has 0 aromatic rings. The first kappa shape index (κ1) is 17.4. The van der Waals surface area contributed by atoms with Gasteiger partial charge < -0.3 is 0 Å². The van der Waals surface area contributed by atoms with Crippen LogP contribution in [-0.4, -0.2) is 12.6 Å². The van der Waals surface area contributed by atoms with Crippen LogP contribution in [-0.2, 0) is 14.6 Å². The van der Waals surface area contributed by atoms with Crippen molar-refractivity contribution in [1.82, 2.24) is 0 Å². The molecule has 0 spiro atoms. The maximum atomic E-state index is 11.3. The molecule has 0 N–H and O–H groups in total. The topological polar surface area (TPSA) is 35.5 Å². The molecule has 0 aromatic heterocycles. The van der Waals surface area contributed by atoms with Crippen LogP contribution < -0.4 is 0 Å². The van der Waals surface area contributed by atoms with E-state index in [2.05, 4.69) is 27.7 Å². The van der Waals surface area contributed by atoms with Crippen LogP contribution in [0.1, 0.15) is 79.1 Å². The highest BCUT2D eigenvalue weighted by molar-refractivity contribution is 5.68. The lowest BCUT2D eigenvalue weighted by Crippen LogP contribution is -2.07. The van der Waals surface area contributed by atoms with Crippen molar-refractivity contribution in [2.24, 2.45) is 5.41 Å². The van der Waals surface area contributed by atoms with Gasteiger partial charge >= 0.3 is 5.97 Å². The van der Waals surface area contributed by atoms with Crippen molar-refractivity contribution in [2.75, 3.05) is 6.61 Å². The fourth-order valence-corrected chi connectivity index (χ4v) is 1.66. The summed E-state index contributed by atoms with van der Waals surface area (Å²) in [6, 6.07) is 0. The molecule has 0 aliphatic rings. The minimum Gasteiger partial charge on any atom is -0.298 e. The Bertz CT molecular complexity index is 206. The van der Waals surface area contributed by atoms with E-state index in [4.69, 9.17) is 9.78 Å². The van der Waals surface area contributed by atoms with Gasteiger partial charge in [0.05, 0.1) is 6.61 Å². The lowest BCUT2D eigenvalue weighted by Gasteiger charge is -2.17. The fraction of sp³-hybridized carbons (Fsp3) is 0.933. The van der Waals surface area contributed by atoms with Gasteiger partial charge in [0.15, 0.2) is 0 Å². The van der Waals surface area contributed by atoms with E-state index in [1.165, 1.54) is 12.8 Å². The molecule has 0 saturated heterocycles. The molecule has 0 fully saturated rings. The van der Waals surface area contributed by atoms with Gasteiger partial charge in [0, 0.05) is 6.42 Å². The molecule has 0 rings (SSSR count). The van der Waals surface area contributed by atoms with Crippen LogP contribution in [0.15, 0.2) is 0 Å². The minimum absolute atomic E-state index is 0.234. The molecule has 0 bridgehead atoms. The van der Waals surface area contributed by atoms with Gasteiger partial charge in [0.25, 0.3) is 0 Å². The standard InChI is InChI=1S/C15H30O3/c1-5-6-10-13-17-18-14(16)11-8-7-9-12-15(2,3)4/h5-13H2,1-4H3. The third kappa shape index (κ3) is 13.5. The highest BCUT2D eigenvalue weighted by atomic mass is 17.2. The van der Waals surface area contributed by atoms with Crippen LogP contribution in [0, 0.1) is 5.41 Å². The normalized spacial score (nSPS) is 11.6. The van der Waals surface area contributed by atoms with E-state index >= 15 is 0 Å². The molecule has 0 aliphatic heterocycles. The molecule has 0 amide bonds. The third-order valence-electron chi connectivity index (χ3n) is 2.79. The van der Waals surface area contributed by atoms with Gasteiger partial charge in [-0.1, -0.05) is 53.4 Å². The average Bonchev–Trinajstić information content (AvgIpc) is 2.27. The van der Waals surface area contributed by atoms with Crippen LogP contribution in [0.5, 0.6) is 0 Å². The molecule has 0 atom stereocenters. The SMILES string of the molecule is CCCCCOOC(=O)CCCCCC(C)(C)C. The number of hydrogen-bond donors (Lipinski definition) is 0. The van der Waals surface area contributed by atoms with E-state index in [1.807, 2.05) is 0 Å². The maximum absolute atomic E-state index is 11.3. The molecule has 18 heavy (non-hydrogen) atoms. The molecule has 0 radical (unpaired) electrons. The summed E-state index contributed by atoms with van der Waals surface area (Å²) < 4.78 is 0. The third-order valence-corrected chi connectivity index (χ3v) is 2.79. The van der Waals surface area contributed by atoms with Gasteiger partial charge in [-0.2, -0.15) is 4.89 Å². The van der Waals surface area contributed by atoms with E-state index in [-0.39, 0.29) is 5.97 Å². The van der Waals surface area contributed by atoms with E-state index in [0.717, 1.165) is 32.1 Å². The Kier molecular flexibility index (Phi) is 10.0. The van der Waals surface area contributed by atoms with E-state index < -0.39 is 0 Å². The summed E-state index contributed by atoms with van der Waals surface area (Å²) in [7, 11) is 0. The van der Waals surface area contributed by atoms with Crippen molar-refractivity contribution >= 4 is 5.97 Å². The summed E-state index contributed by atoms with van der Waals surface area (Å²) in [4.78, 5) is 20.8. The Morgan fingerprint density at radius 3 is 2.33 bits per heavy atom. The Hall–Kier alpha value is -0.570. The van der Waals surface area contributed by atoms with Gasteiger partial charge in [0.2, 0.25) is 0 Å². The Morgan fingerprint density at radius 2 is 1.72 bits per heavy atom. The average molecular weight is 258 g/mol. The summed E-state index contributed by atoms with van der Waals surface area (Å²) in [5.74, 6) is -0.234. The first-order chi connectivity index (χ1) is 8.45. The Labute approximate surface area is 112 Å².